The third-order valence-electron chi connectivity index (χ3n) is 4.38. The summed E-state index contributed by atoms with van der Waals surface area (Å²) < 4.78 is 0. The van der Waals surface area contributed by atoms with Gasteiger partial charge >= 0.3 is 0 Å². The van der Waals surface area contributed by atoms with Gasteiger partial charge in [0.05, 0.1) is 0 Å². The second-order valence-corrected chi connectivity index (χ2v) is 8.99. The number of rotatable bonds is 6. The molecule has 0 spiro atoms. The van der Waals surface area contributed by atoms with Crippen molar-refractivity contribution in [3.63, 3.8) is 0 Å². The number of nitrogens with one attached hydrogen (secondary N) is 1. The predicted octanol–water partition coefficient (Wildman–Crippen LogP) is 4.40. The molecule has 21 heavy (non-hydrogen) atoms. The Morgan fingerprint density at radius 1 is 1.10 bits per heavy atom. The Morgan fingerprint density at radius 2 is 1.76 bits per heavy atom. The highest BCUT2D eigenvalue weighted by molar-refractivity contribution is 8.07. The van der Waals surface area contributed by atoms with Crippen LogP contribution >= 0.6 is 23.5 Å². The maximum Gasteiger partial charge on any atom is 0.0298 e. The lowest BCUT2D eigenvalue weighted by molar-refractivity contribution is 0.520. The van der Waals surface area contributed by atoms with Crippen LogP contribution in [0.1, 0.15) is 38.8 Å². The molecule has 1 aromatic rings. The van der Waals surface area contributed by atoms with Crippen LogP contribution in [0.5, 0.6) is 0 Å². The molecule has 118 valence electrons. The van der Waals surface area contributed by atoms with Crippen LogP contribution in [-0.4, -0.2) is 34.1 Å². The SMILES string of the molecule is CCNC(Cc1ccc(CC)cc1)C1CSC(C)C(C)S1. The average Bonchev–Trinajstić information content (AvgIpc) is 2.50. The van der Waals surface area contributed by atoms with Gasteiger partial charge in [-0.25, -0.2) is 0 Å². The molecule has 0 aromatic heterocycles. The van der Waals surface area contributed by atoms with Crippen LogP contribution in [0, 0.1) is 0 Å². The Balaban J connectivity index is 2.00. The molecule has 3 heteroatoms. The van der Waals surface area contributed by atoms with E-state index in [0.717, 1.165) is 35.1 Å². The van der Waals surface area contributed by atoms with Gasteiger partial charge in [-0.05, 0) is 30.5 Å². The topological polar surface area (TPSA) is 12.0 Å². The molecule has 2 rings (SSSR count). The molecule has 0 saturated carbocycles. The molecule has 1 aliphatic rings. The molecule has 4 atom stereocenters. The molecule has 1 aromatic carbocycles. The van der Waals surface area contributed by atoms with Gasteiger partial charge in [-0.3, -0.25) is 0 Å². The maximum atomic E-state index is 3.73. The fraction of sp³-hybridized carbons (Fsp3) is 0.667. The van der Waals surface area contributed by atoms with Crippen molar-refractivity contribution in [3.8, 4) is 0 Å². The smallest absolute Gasteiger partial charge is 0.0298 e. The zero-order valence-electron chi connectivity index (χ0n) is 13.8. The van der Waals surface area contributed by atoms with Gasteiger partial charge < -0.3 is 5.32 Å². The van der Waals surface area contributed by atoms with Crippen molar-refractivity contribution in [2.24, 2.45) is 0 Å². The molecule has 0 aliphatic carbocycles. The summed E-state index contributed by atoms with van der Waals surface area (Å²) in [5.74, 6) is 1.28. The number of aryl methyl sites for hydroxylation is 1. The molecule has 4 unspecified atom stereocenters. The van der Waals surface area contributed by atoms with Crippen molar-refractivity contribution in [2.45, 2.75) is 62.3 Å². The summed E-state index contributed by atoms with van der Waals surface area (Å²) in [6.07, 6.45) is 2.28. The van der Waals surface area contributed by atoms with Crippen LogP contribution < -0.4 is 5.32 Å². The Hall–Kier alpha value is -0.120. The Bertz CT molecular complexity index is 418. The van der Waals surface area contributed by atoms with E-state index in [9.17, 15) is 0 Å². The van der Waals surface area contributed by atoms with E-state index in [1.807, 2.05) is 0 Å². The summed E-state index contributed by atoms with van der Waals surface area (Å²) in [5, 5.41) is 6.01. The summed E-state index contributed by atoms with van der Waals surface area (Å²) in [6, 6.07) is 9.79. The molecule has 1 nitrogen and oxygen atoms in total. The van der Waals surface area contributed by atoms with Crippen molar-refractivity contribution < 1.29 is 0 Å². The quantitative estimate of drug-likeness (QED) is 0.833. The van der Waals surface area contributed by atoms with Crippen LogP contribution in [0.4, 0.5) is 0 Å². The molecular formula is C18H29NS2. The van der Waals surface area contributed by atoms with Gasteiger partial charge in [-0.15, -0.1) is 0 Å². The van der Waals surface area contributed by atoms with Gasteiger partial charge in [0.1, 0.15) is 0 Å². The van der Waals surface area contributed by atoms with E-state index in [1.165, 1.54) is 16.9 Å². The lowest BCUT2D eigenvalue weighted by atomic mass is 10.0. The van der Waals surface area contributed by atoms with Gasteiger partial charge in [0.2, 0.25) is 0 Å². The van der Waals surface area contributed by atoms with Gasteiger partial charge in [-0.2, -0.15) is 23.5 Å². The third-order valence-corrected chi connectivity index (χ3v) is 7.93. The second-order valence-electron chi connectivity index (χ2n) is 5.96. The molecule has 1 fully saturated rings. The minimum Gasteiger partial charge on any atom is -0.313 e. The monoisotopic (exact) mass is 323 g/mol. The minimum absolute atomic E-state index is 0.593. The molecule has 0 bridgehead atoms. The molecule has 0 amide bonds. The van der Waals surface area contributed by atoms with E-state index < -0.39 is 0 Å². The van der Waals surface area contributed by atoms with E-state index in [0.29, 0.717) is 6.04 Å². The first-order chi connectivity index (χ1) is 10.1. The summed E-state index contributed by atoms with van der Waals surface area (Å²) in [5.41, 5.74) is 2.90. The summed E-state index contributed by atoms with van der Waals surface area (Å²) in [7, 11) is 0. The summed E-state index contributed by atoms with van der Waals surface area (Å²) in [4.78, 5) is 0. The van der Waals surface area contributed by atoms with Gasteiger partial charge in [-0.1, -0.05) is 52.0 Å². The Kier molecular flexibility index (Phi) is 6.97. The lowest BCUT2D eigenvalue weighted by Gasteiger charge is -2.36. The van der Waals surface area contributed by atoms with Gasteiger partial charge in [0.15, 0.2) is 0 Å². The zero-order valence-corrected chi connectivity index (χ0v) is 15.4. The molecule has 1 aliphatic heterocycles. The lowest BCUT2D eigenvalue weighted by Crippen LogP contribution is -2.44. The molecule has 1 N–H and O–H groups in total. The predicted molar refractivity (Wildman–Crippen MR) is 99.7 cm³/mol. The first kappa shape index (κ1) is 17.2. The summed E-state index contributed by atoms with van der Waals surface area (Å²) in [6.45, 7) is 10.2. The van der Waals surface area contributed by atoms with E-state index in [-0.39, 0.29) is 0 Å². The van der Waals surface area contributed by atoms with E-state index in [4.69, 9.17) is 0 Å². The number of hydrogen-bond donors (Lipinski definition) is 1. The standard InChI is InChI=1S/C18H29NS2/c1-5-15-7-9-16(10-8-15)11-17(19-6-2)18-12-20-13(3)14(4)21-18/h7-10,13-14,17-19H,5-6,11-12H2,1-4H3. The normalized spacial score (nSPS) is 27.5. The number of likely N-dealkylation sites (N-methyl/N-ethyl adjacent to an activating group) is 1. The fourth-order valence-corrected chi connectivity index (χ4v) is 5.91. The molecule has 1 saturated heterocycles. The zero-order chi connectivity index (χ0) is 15.2. The average molecular weight is 324 g/mol. The van der Waals surface area contributed by atoms with E-state index in [2.05, 4.69) is 80.8 Å². The van der Waals surface area contributed by atoms with Crippen molar-refractivity contribution in [3.05, 3.63) is 35.4 Å². The number of hydrogen-bond acceptors (Lipinski definition) is 3. The highest BCUT2D eigenvalue weighted by atomic mass is 32.2. The van der Waals surface area contributed by atoms with Gasteiger partial charge in [0, 0.05) is 27.5 Å². The Morgan fingerprint density at radius 3 is 2.33 bits per heavy atom. The van der Waals surface area contributed by atoms with Crippen LogP contribution in [0.15, 0.2) is 24.3 Å². The fourth-order valence-electron chi connectivity index (χ4n) is 2.78. The maximum absolute atomic E-state index is 3.73. The van der Waals surface area contributed by atoms with Crippen LogP contribution in [0.25, 0.3) is 0 Å². The van der Waals surface area contributed by atoms with Crippen molar-refractivity contribution in [2.75, 3.05) is 12.3 Å². The number of benzene rings is 1. The van der Waals surface area contributed by atoms with Crippen molar-refractivity contribution in [1.82, 2.24) is 5.32 Å². The van der Waals surface area contributed by atoms with Crippen LogP contribution in [0.2, 0.25) is 0 Å². The highest BCUT2D eigenvalue weighted by Crippen LogP contribution is 2.37. The largest absolute Gasteiger partial charge is 0.313 e. The van der Waals surface area contributed by atoms with Crippen molar-refractivity contribution >= 4 is 23.5 Å². The second kappa shape index (κ2) is 8.50. The molecule has 0 radical (unpaired) electrons. The van der Waals surface area contributed by atoms with E-state index >= 15 is 0 Å². The van der Waals surface area contributed by atoms with Crippen LogP contribution in [0.3, 0.4) is 0 Å². The first-order valence-electron chi connectivity index (χ1n) is 8.22. The third kappa shape index (κ3) is 4.94. The molecule has 1 heterocycles. The molecular weight excluding hydrogens is 294 g/mol. The minimum atomic E-state index is 0.593. The van der Waals surface area contributed by atoms with Gasteiger partial charge in [0.25, 0.3) is 0 Å². The summed E-state index contributed by atoms with van der Waals surface area (Å²) >= 11 is 4.33. The Labute approximate surface area is 139 Å². The first-order valence-corrected chi connectivity index (χ1v) is 10.2. The number of thioether (sulfide) groups is 2. The van der Waals surface area contributed by atoms with Crippen molar-refractivity contribution in [1.29, 1.82) is 0 Å². The highest BCUT2D eigenvalue weighted by Gasteiger charge is 2.30. The van der Waals surface area contributed by atoms with Crippen LogP contribution in [-0.2, 0) is 12.8 Å². The van der Waals surface area contributed by atoms with E-state index in [1.54, 1.807) is 0 Å².